The zero-order valence-electron chi connectivity index (χ0n) is 11.2. The average Bonchev–Trinajstić information content (AvgIpc) is 2.27. The van der Waals surface area contributed by atoms with Crippen molar-refractivity contribution < 1.29 is 9.90 Å². The number of halogens is 1. The minimum Gasteiger partial charge on any atom is -0.391 e. The first-order valence-corrected chi connectivity index (χ1v) is 6.32. The van der Waals surface area contributed by atoms with Crippen molar-refractivity contribution >= 4 is 17.5 Å². The molecule has 0 spiro atoms. The Morgan fingerprint density at radius 2 is 2.06 bits per heavy atom. The molecule has 0 aromatic heterocycles. The van der Waals surface area contributed by atoms with Crippen molar-refractivity contribution in [3.8, 4) is 0 Å². The van der Waals surface area contributed by atoms with Crippen LogP contribution >= 0.6 is 11.6 Å². The quantitative estimate of drug-likeness (QED) is 0.887. The summed E-state index contributed by atoms with van der Waals surface area (Å²) in [5.74, 6) is -0.257. The first kappa shape index (κ1) is 15.0. The van der Waals surface area contributed by atoms with E-state index in [4.69, 9.17) is 11.6 Å². The van der Waals surface area contributed by atoms with Crippen LogP contribution in [0.5, 0.6) is 0 Å². The predicted octanol–water partition coefficient (Wildman–Crippen LogP) is 2.79. The Labute approximate surface area is 113 Å². The number of aryl methyl sites for hydroxylation is 1. The molecule has 1 aromatic carbocycles. The van der Waals surface area contributed by atoms with Gasteiger partial charge in [-0.3, -0.25) is 4.79 Å². The molecule has 4 heteroatoms. The lowest BCUT2D eigenvalue weighted by atomic mass is 9.89. The van der Waals surface area contributed by atoms with Crippen molar-refractivity contribution in [3.05, 3.63) is 34.3 Å². The summed E-state index contributed by atoms with van der Waals surface area (Å²) in [5, 5.41) is 13.0. The summed E-state index contributed by atoms with van der Waals surface area (Å²) >= 11 is 6.07. The molecule has 0 aliphatic heterocycles. The average molecular weight is 270 g/mol. The van der Waals surface area contributed by atoms with E-state index < -0.39 is 6.10 Å². The Morgan fingerprint density at radius 1 is 1.44 bits per heavy atom. The summed E-state index contributed by atoms with van der Waals surface area (Å²) < 4.78 is 0. The standard InChI is InChI=1S/C14H20ClNO2/c1-9-6-5-7-10(12(9)15)13(18)16-8-11(17)14(2,3)4/h5-7,11,17H,8H2,1-4H3,(H,16,18). The van der Waals surface area contributed by atoms with Gasteiger partial charge in [0.25, 0.3) is 5.91 Å². The number of hydrogen-bond donors (Lipinski definition) is 2. The van der Waals surface area contributed by atoms with Crippen molar-refractivity contribution in [2.45, 2.75) is 33.8 Å². The lowest BCUT2D eigenvalue weighted by molar-refractivity contribution is 0.0587. The van der Waals surface area contributed by atoms with Crippen LogP contribution in [0.15, 0.2) is 18.2 Å². The number of carbonyl (C=O) groups excluding carboxylic acids is 1. The lowest BCUT2D eigenvalue weighted by Crippen LogP contribution is -2.39. The van der Waals surface area contributed by atoms with Crippen LogP contribution in [0.25, 0.3) is 0 Å². The van der Waals surface area contributed by atoms with Gasteiger partial charge in [-0.25, -0.2) is 0 Å². The molecule has 0 heterocycles. The Morgan fingerprint density at radius 3 is 2.61 bits per heavy atom. The van der Waals surface area contributed by atoms with Crippen molar-refractivity contribution in [1.82, 2.24) is 5.32 Å². The Bertz CT molecular complexity index is 438. The van der Waals surface area contributed by atoms with E-state index in [0.29, 0.717) is 10.6 Å². The van der Waals surface area contributed by atoms with Gasteiger partial charge in [0.2, 0.25) is 0 Å². The van der Waals surface area contributed by atoms with E-state index in [1.165, 1.54) is 0 Å². The van der Waals surface area contributed by atoms with E-state index in [1.54, 1.807) is 12.1 Å². The fraction of sp³-hybridized carbons (Fsp3) is 0.500. The maximum Gasteiger partial charge on any atom is 0.252 e. The number of carbonyl (C=O) groups is 1. The summed E-state index contributed by atoms with van der Waals surface area (Å²) in [6.07, 6.45) is -0.593. The second-order valence-corrected chi connectivity index (χ2v) is 5.91. The molecule has 1 atom stereocenters. The second-order valence-electron chi connectivity index (χ2n) is 5.53. The number of benzene rings is 1. The van der Waals surface area contributed by atoms with Gasteiger partial charge in [-0.1, -0.05) is 44.5 Å². The molecule has 0 aliphatic carbocycles. The highest BCUT2D eigenvalue weighted by Gasteiger charge is 2.23. The third-order valence-corrected chi connectivity index (χ3v) is 3.39. The predicted molar refractivity (Wildman–Crippen MR) is 74.0 cm³/mol. The van der Waals surface area contributed by atoms with Gasteiger partial charge in [0.1, 0.15) is 0 Å². The first-order valence-electron chi connectivity index (χ1n) is 5.95. The monoisotopic (exact) mass is 269 g/mol. The Hall–Kier alpha value is -1.06. The van der Waals surface area contributed by atoms with E-state index in [2.05, 4.69) is 5.32 Å². The fourth-order valence-corrected chi connectivity index (χ4v) is 1.63. The van der Waals surface area contributed by atoms with Crippen LogP contribution in [0.4, 0.5) is 0 Å². The zero-order chi connectivity index (χ0) is 13.9. The summed E-state index contributed by atoms with van der Waals surface area (Å²) in [7, 11) is 0. The highest BCUT2D eigenvalue weighted by atomic mass is 35.5. The Balaban J connectivity index is 2.70. The number of hydrogen-bond acceptors (Lipinski definition) is 2. The van der Waals surface area contributed by atoms with Crippen molar-refractivity contribution in [3.63, 3.8) is 0 Å². The molecule has 0 saturated carbocycles. The summed E-state index contributed by atoms with van der Waals surface area (Å²) in [5.41, 5.74) is 1.04. The number of rotatable bonds is 3. The van der Waals surface area contributed by atoms with Gasteiger partial charge in [0.05, 0.1) is 16.7 Å². The maximum atomic E-state index is 11.9. The molecule has 0 saturated heterocycles. The van der Waals surface area contributed by atoms with Gasteiger partial charge in [-0.2, -0.15) is 0 Å². The molecular weight excluding hydrogens is 250 g/mol. The largest absolute Gasteiger partial charge is 0.391 e. The molecule has 2 N–H and O–H groups in total. The molecular formula is C14H20ClNO2. The number of aliphatic hydroxyl groups is 1. The smallest absolute Gasteiger partial charge is 0.252 e. The SMILES string of the molecule is Cc1cccc(C(=O)NCC(O)C(C)(C)C)c1Cl. The topological polar surface area (TPSA) is 49.3 Å². The normalized spacial score (nSPS) is 13.2. The van der Waals surface area contributed by atoms with E-state index in [0.717, 1.165) is 5.56 Å². The van der Waals surface area contributed by atoms with E-state index in [-0.39, 0.29) is 17.9 Å². The first-order chi connectivity index (χ1) is 8.23. The molecule has 3 nitrogen and oxygen atoms in total. The fourth-order valence-electron chi connectivity index (χ4n) is 1.41. The molecule has 18 heavy (non-hydrogen) atoms. The summed E-state index contributed by atoms with van der Waals surface area (Å²) in [6, 6.07) is 5.31. The third-order valence-electron chi connectivity index (χ3n) is 2.89. The second kappa shape index (κ2) is 5.72. The van der Waals surface area contributed by atoms with Crippen LogP contribution in [0, 0.1) is 12.3 Å². The highest BCUT2D eigenvalue weighted by molar-refractivity contribution is 6.34. The van der Waals surface area contributed by atoms with Crippen LogP contribution in [-0.4, -0.2) is 23.7 Å². The Kier molecular flexibility index (Phi) is 4.77. The van der Waals surface area contributed by atoms with Crippen molar-refractivity contribution in [1.29, 1.82) is 0 Å². The van der Waals surface area contributed by atoms with Crippen LogP contribution in [0.2, 0.25) is 5.02 Å². The molecule has 0 aliphatic rings. The van der Waals surface area contributed by atoms with Gasteiger partial charge >= 0.3 is 0 Å². The maximum absolute atomic E-state index is 11.9. The summed E-state index contributed by atoms with van der Waals surface area (Å²) in [4.78, 5) is 11.9. The number of aliphatic hydroxyl groups excluding tert-OH is 1. The molecule has 0 fully saturated rings. The number of amides is 1. The van der Waals surface area contributed by atoms with E-state index in [1.807, 2.05) is 33.8 Å². The molecule has 1 aromatic rings. The van der Waals surface area contributed by atoms with Crippen LogP contribution in [0.3, 0.4) is 0 Å². The molecule has 100 valence electrons. The minimum absolute atomic E-state index is 0.215. The van der Waals surface area contributed by atoms with Gasteiger partial charge in [0, 0.05) is 6.54 Å². The molecule has 0 bridgehead atoms. The summed E-state index contributed by atoms with van der Waals surface area (Å²) in [6.45, 7) is 7.83. The minimum atomic E-state index is -0.593. The highest BCUT2D eigenvalue weighted by Crippen LogP contribution is 2.21. The molecule has 1 unspecified atom stereocenters. The zero-order valence-corrected chi connectivity index (χ0v) is 12.0. The van der Waals surface area contributed by atoms with Gasteiger partial charge in [-0.05, 0) is 24.0 Å². The van der Waals surface area contributed by atoms with E-state index in [9.17, 15) is 9.90 Å². The molecule has 1 amide bonds. The van der Waals surface area contributed by atoms with E-state index >= 15 is 0 Å². The van der Waals surface area contributed by atoms with Crippen molar-refractivity contribution in [2.24, 2.45) is 5.41 Å². The molecule has 1 rings (SSSR count). The van der Waals surface area contributed by atoms with Gasteiger partial charge in [0.15, 0.2) is 0 Å². The van der Waals surface area contributed by atoms with Gasteiger partial charge in [-0.15, -0.1) is 0 Å². The van der Waals surface area contributed by atoms with Crippen molar-refractivity contribution in [2.75, 3.05) is 6.54 Å². The third kappa shape index (κ3) is 3.72. The van der Waals surface area contributed by atoms with Crippen LogP contribution in [-0.2, 0) is 0 Å². The number of nitrogens with one attached hydrogen (secondary N) is 1. The van der Waals surface area contributed by atoms with Gasteiger partial charge < -0.3 is 10.4 Å². The van der Waals surface area contributed by atoms with Crippen LogP contribution in [0.1, 0.15) is 36.7 Å². The van der Waals surface area contributed by atoms with Crippen LogP contribution < -0.4 is 5.32 Å². The molecule has 0 radical (unpaired) electrons. The lowest BCUT2D eigenvalue weighted by Gasteiger charge is -2.26.